The average molecular weight is 309 g/mol. The molecule has 2 heterocycles. The Kier molecular flexibility index (Phi) is 4.24. The highest BCUT2D eigenvalue weighted by Crippen LogP contribution is 2.30. The highest BCUT2D eigenvalue weighted by Gasteiger charge is 2.27. The van der Waals surface area contributed by atoms with E-state index in [-0.39, 0.29) is 12.6 Å². The van der Waals surface area contributed by atoms with Gasteiger partial charge in [-0.15, -0.1) is 0 Å². The zero-order valence-corrected chi connectivity index (χ0v) is 12.6. The van der Waals surface area contributed by atoms with Crippen LogP contribution in [0.25, 0.3) is 5.82 Å². The summed E-state index contributed by atoms with van der Waals surface area (Å²) in [6.07, 6.45) is 10.8. The molecule has 7 heteroatoms. The standard InChI is InChI=1S/C15H21F2N5/c1-15(16,17)10-19-12-2-4-13(5-3-12)22-14(6-7-20-22)21-9-8-18-11-21/h6-9,11-13,19H,2-5,10H2,1H3/t12-,13+. The Balaban J connectivity index is 1.59. The molecule has 0 bridgehead atoms. The number of rotatable bonds is 5. The molecule has 120 valence electrons. The van der Waals surface area contributed by atoms with E-state index in [9.17, 15) is 8.78 Å². The molecule has 0 saturated heterocycles. The van der Waals surface area contributed by atoms with Crippen molar-refractivity contribution in [3.63, 3.8) is 0 Å². The second-order valence-electron chi connectivity index (χ2n) is 6.06. The van der Waals surface area contributed by atoms with Crippen LogP contribution in [0.2, 0.25) is 0 Å². The van der Waals surface area contributed by atoms with Gasteiger partial charge in [-0.25, -0.2) is 18.4 Å². The summed E-state index contributed by atoms with van der Waals surface area (Å²) in [5.74, 6) is -1.65. The normalized spacial score (nSPS) is 22.9. The third-order valence-corrected chi connectivity index (χ3v) is 4.16. The molecule has 1 N–H and O–H groups in total. The third-order valence-electron chi connectivity index (χ3n) is 4.16. The van der Waals surface area contributed by atoms with E-state index in [1.807, 2.05) is 21.5 Å². The molecule has 2 aromatic heterocycles. The topological polar surface area (TPSA) is 47.7 Å². The van der Waals surface area contributed by atoms with Crippen LogP contribution in [0.3, 0.4) is 0 Å². The Hall–Kier alpha value is -1.76. The van der Waals surface area contributed by atoms with E-state index in [1.165, 1.54) is 0 Å². The highest BCUT2D eigenvalue weighted by molar-refractivity contribution is 5.21. The smallest absolute Gasteiger partial charge is 0.257 e. The number of nitrogens with zero attached hydrogens (tertiary/aromatic N) is 4. The van der Waals surface area contributed by atoms with Crippen LogP contribution in [-0.4, -0.2) is 37.8 Å². The summed E-state index contributed by atoms with van der Waals surface area (Å²) in [5, 5.41) is 7.41. The largest absolute Gasteiger partial charge is 0.308 e. The van der Waals surface area contributed by atoms with Crippen molar-refractivity contribution in [3.8, 4) is 5.82 Å². The lowest BCUT2D eigenvalue weighted by molar-refractivity contribution is 0.0181. The van der Waals surface area contributed by atoms with Crippen molar-refractivity contribution in [2.45, 2.75) is 50.6 Å². The molecule has 0 aliphatic heterocycles. The van der Waals surface area contributed by atoms with E-state index in [2.05, 4.69) is 15.4 Å². The summed E-state index contributed by atoms with van der Waals surface area (Å²) in [7, 11) is 0. The van der Waals surface area contributed by atoms with Crippen molar-refractivity contribution in [1.29, 1.82) is 0 Å². The van der Waals surface area contributed by atoms with Gasteiger partial charge in [-0.1, -0.05) is 0 Å². The monoisotopic (exact) mass is 309 g/mol. The first-order valence-corrected chi connectivity index (χ1v) is 7.66. The van der Waals surface area contributed by atoms with Gasteiger partial charge in [-0.05, 0) is 25.7 Å². The predicted molar refractivity (Wildman–Crippen MR) is 79.3 cm³/mol. The molecule has 22 heavy (non-hydrogen) atoms. The van der Waals surface area contributed by atoms with E-state index >= 15 is 0 Å². The molecular weight excluding hydrogens is 288 g/mol. The number of aromatic nitrogens is 4. The number of halogens is 2. The fraction of sp³-hybridized carbons (Fsp3) is 0.600. The first-order valence-electron chi connectivity index (χ1n) is 7.66. The van der Waals surface area contributed by atoms with Crippen molar-refractivity contribution in [2.24, 2.45) is 0 Å². The van der Waals surface area contributed by atoms with Gasteiger partial charge in [0, 0.05) is 31.4 Å². The molecule has 1 saturated carbocycles. The lowest BCUT2D eigenvalue weighted by Crippen LogP contribution is -2.40. The van der Waals surface area contributed by atoms with Crippen molar-refractivity contribution in [2.75, 3.05) is 6.54 Å². The second-order valence-corrected chi connectivity index (χ2v) is 6.06. The molecule has 3 rings (SSSR count). The summed E-state index contributed by atoms with van der Waals surface area (Å²) in [4.78, 5) is 4.06. The van der Waals surface area contributed by atoms with Gasteiger partial charge in [-0.2, -0.15) is 5.10 Å². The minimum absolute atomic E-state index is 0.175. The Bertz CT molecular complexity index is 579. The molecule has 0 atom stereocenters. The van der Waals surface area contributed by atoms with Gasteiger partial charge in [-0.3, -0.25) is 4.57 Å². The maximum Gasteiger partial charge on any atom is 0.257 e. The first-order chi connectivity index (χ1) is 10.5. The van der Waals surface area contributed by atoms with Gasteiger partial charge in [0.1, 0.15) is 12.1 Å². The molecule has 0 radical (unpaired) electrons. The van der Waals surface area contributed by atoms with Crippen LogP contribution in [0.1, 0.15) is 38.6 Å². The average Bonchev–Trinajstić information content (AvgIpc) is 3.15. The molecule has 2 aromatic rings. The maximum atomic E-state index is 12.9. The molecule has 1 aliphatic carbocycles. The van der Waals surface area contributed by atoms with Crippen LogP contribution in [0.5, 0.6) is 0 Å². The molecule has 0 spiro atoms. The summed E-state index contributed by atoms with van der Waals surface area (Å²) in [6.45, 7) is 0.706. The zero-order chi connectivity index (χ0) is 15.6. The van der Waals surface area contributed by atoms with E-state index in [4.69, 9.17) is 0 Å². The van der Waals surface area contributed by atoms with E-state index < -0.39 is 5.92 Å². The van der Waals surface area contributed by atoms with E-state index in [0.717, 1.165) is 38.4 Å². The molecule has 1 aliphatic rings. The molecule has 5 nitrogen and oxygen atoms in total. The number of hydrogen-bond donors (Lipinski definition) is 1. The van der Waals surface area contributed by atoms with Crippen molar-refractivity contribution < 1.29 is 8.78 Å². The van der Waals surface area contributed by atoms with Crippen molar-refractivity contribution >= 4 is 0 Å². The molecular formula is C15H21F2N5. The predicted octanol–water partition coefficient (Wildman–Crippen LogP) is 2.80. The lowest BCUT2D eigenvalue weighted by atomic mass is 9.91. The highest BCUT2D eigenvalue weighted by atomic mass is 19.3. The van der Waals surface area contributed by atoms with E-state index in [1.54, 1.807) is 18.7 Å². The molecule has 1 fully saturated rings. The summed E-state index contributed by atoms with van der Waals surface area (Å²) >= 11 is 0. The fourth-order valence-electron chi connectivity index (χ4n) is 3.04. The Morgan fingerprint density at radius 3 is 2.68 bits per heavy atom. The van der Waals surface area contributed by atoms with Crippen LogP contribution in [0.4, 0.5) is 8.78 Å². The first kappa shape index (κ1) is 15.1. The third kappa shape index (κ3) is 3.52. The van der Waals surface area contributed by atoms with Crippen LogP contribution in [-0.2, 0) is 0 Å². The number of alkyl halides is 2. The van der Waals surface area contributed by atoms with Gasteiger partial charge in [0.05, 0.1) is 18.8 Å². The van der Waals surface area contributed by atoms with Crippen LogP contribution in [0, 0.1) is 0 Å². The summed E-state index contributed by atoms with van der Waals surface area (Å²) in [6, 6.07) is 2.45. The van der Waals surface area contributed by atoms with Crippen LogP contribution in [0.15, 0.2) is 31.0 Å². The van der Waals surface area contributed by atoms with Gasteiger partial charge in [0.15, 0.2) is 0 Å². The quantitative estimate of drug-likeness (QED) is 0.924. The maximum absolute atomic E-state index is 12.9. The van der Waals surface area contributed by atoms with Gasteiger partial charge in [0.25, 0.3) is 5.92 Å². The Morgan fingerprint density at radius 2 is 2.05 bits per heavy atom. The van der Waals surface area contributed by atoms with Gasteiger partial charge >= 0.3 is 0 Å². The number of hydrogen-bond acceptors (Lipinski definition) is 3. The minimum Gasteiger partial charge on any atom is -0.308 e. The zero-order valence-electron chi connectivity index (χ0n) is 12.6. The molecule has 0 amide bonds. The second kappa shape index (κ2) is 6.16. The van der Waals surface area contributed by atoms with Gasteiger partial charge < -0.3 is 5.32 Å². The van der Waals surface area contributed by atoms with E-state index in [0.29, 0.717) is 6.04 Å². The summed E-state index contributed by atoms with van der Waals surface area (Å²) < 4.78 is 29.8. The van der Waals surface area contributed by atoms with Crippen LogP contribution < -0.4 is 5.32 Å². The van der Waals surface area contributed by atoms with Gasteiger partial charge in [0.2, 0.25) is 0 Å². The van der Waals surface area contributed by atoms with Crippen LogP contribution >= 0.6 is 0 Å². The fourth-order valence-corrected chi connectivity index (χ4v) is 3.04. The lowest BCUT2D eigenvalue weighted by Gasteiger charge is -2.31. The van der Waals surface area contributed by atoms with Crippen molar-refractivity contribution in [1.82, 2.24) is 24.6 Å². The summed E-state index contributed by atoms with van der Waals surface area (Å²) in [5.41, 5.74) is 0. The number of nitrogens with one attached hydrogen (secondary N) is 1. The Labute approximate surface area is 128 Å². The molecule has 0 aromatic carbocycles. The molecule has 0 unspecified atom stereocenters. The Morgan fingerprint density at radius 1 is 1.27 bits per heavy atom. The minimum atomic E-state index is -2.65. The van der Waals surface area contributed by atoms with Crippen molar-refractivity contribution in [3.05, 3.63) is 31.0 Å². The SMILES string of the molecule is CC(F)(F)CN[C@H]1CC[C@@H](n2nccc2-n2ccnc2)CC1. The number of imidazole rings is 1.